The smallest absolute Gasteiger partial charge is 0.203 e. The van der Waals surface area contributed by atoms with Gasteiger partial charge >= 0.3 is 0 Å². The molecule has 4 rings (SSSR count). The molecule has 0 aromatic heterocycles. The number of ketones is 1. The number of ether oxygens (including phenoxy) is 5. The Balaban J connectivity index is 2.06. The minimum Gasteiger partial charge on any atom is -0.497 e. The Morgan fingerprint density at radius 2 is 1.35 bits per heavy atom. The summed E-state index contributed by atoms with van der Waals surface area (Å²) in [5, 5.41) is 0. The van der Waals surface area contributed by atoms with Crippen molar-refractivity contribution in [2.24, 2.45) is 0 Å². The fourth-order valence-electron chi connectivity index (χ4n) is 4.71. The lowest BCUT2D eigenvalue weighted by Crippen LogP contribution is -2.07. The second-order valence-corrected chi connectivity index (χ2v) is 8.20. The van der Waals surface area contributed by atoms with Crippen molar-refractivity contribution >= 4 is 24.4 Å². The summed E-state index contributed by atoms with van der Waals surface area (Å²) in [6.07, 6.45) is 2.88. The van der Waals surface area contributed by atoms with E-state index in [1.807, 2.05) is 12.1 Å². The van der Waals surface area contributed by atoms with Gasteiger partial charge in [-0.3, -0.25) is 14.4 Å². The third kappa shape index (κ3) is 4.31. The Kier molecular flexibility index (Phi) is 7.29. The van der Waals surface area contributed by atoms with E-state index in [9.17, 15) is 14.4 Å². The van der Waals surface area contributed by atoms with Crippen molar-refractivity contribution in [2.75, 3.05) is 35.5 Å². The molecular formula is C29H26O8. The van der Waals surface area contributed by atoms with Crippen LogP contribution in [0.1, 0.15) is 53.7 Å². The number of benzene rings is 3. The van der Waals surface area contributed by atoms with Crippen LogP contribution in [-0.4, -0.2) is 53.9 Å². The standard InChI is InChI=1S/C29H26O8/c1-33-19-8-6-16(7-9-19)10-20-25(17-12-23(34-2)29(37-5)24(13-17)35-3)26-21(27(20)32)11-18(14-30)22(15-31)28(26)36-4/h6-15,25H,1-5H3/b20-10-. The normalized spacial score (nSPS) is 15.2. The molecule has 0 fully saturated rings. The number of Topliss-reactive ketones (excluding diaryl/α,β-unsaturated/α-hetero) is 1. The number of hydrogen-bond acceptors (Lipinski definition) is 8. The fourth-order valence-corrected chi connectivity index (χ4v) is 4.71. The first-order chi connectivity index (χ1) is 18.0. The lowest BCUT2D eigenvalue weighted by molar-refractivity contribution is 0.103. The van der Waals surface area contributed by atoms with Crippen molar-refractivity contribution in [3.63, 3.8) is 0 Å². The summed E-state index contributed by atoms with van der Waals surface area (Å²) in [5.41, 5.74) is 2.75. The zero-order valence-electron chi connectivity index (χ0n) is 21.1. The van der Waals surface area contributed by atoms with Crippen LogP contribution in [-0.2, 0) is 0 Å². The number of allylic oxidation sites excluding steroid dienone is 1. The van der Waals surface area contributed by atoms with Gasteiger partial charge in [0, 0.05) is 28.2 Å². The second-order valence-electron chi connectivity index (χ2n) is 8.20. The van der Waals surface area contributed by atoms with E-state index in [4.69, 9.17) is 23.7 Å². The number of aldehydes is 2. The largest absolute Gasteiger partial charge is 0.497 e. The maximum atomic E-state index is 13.8. The van der Waals surface area contributed by atoms with Crippen LogP contribution in [0.25, 0.3) is 6.08 Å². The molecule has 8 nitrogen and oxygen atoms in total. The summed E-state index contributed by atoms with van der Waals surface area (Å²) in [6, 6.07) is 12.2. The first kappa shape index (κ1) is 25.5. The predicted octanol–water partition coefficient (Wildman–Crippen LogP) is 4.77. The van der Waals surface area contributed by atoms with Crippen LogP contribution in [0.15, 0.2) is 48.0 Å². The van der Waals surface area contributed by atoms with Crippen LogP contribution >= 0.6 is 0 Å². The molecule has 3 aromatic carbocycles. The van der Waals surface area contributed by atoms with Gasteiger partial charge in [-0.25, -0.2) is 0 Å². The molecule has 1 aliphatic rings. The van der Waals surface area contributed by atoms with Crippen LogP contribution in [0, 0.1) is 0 Å². The molecule has 0 aliphatic heterocycles. The van der Waals surface area contributed by atoms with E-state index in [1.165, 1.54) is 34.5 Å². The highest BCUT2D eigenvalue weighted by Crippen LogP contribution is 2.51. The molecule has 0 amide bonds. The summed E-state index contributed by atoms with van der Waals surface area (Å²) < 4.78 is 27.5. The first-order valence-corrected chi connectivity index (χ1v) is 11.3. The highest BCUT2D eigenvalue weighted by Gasteiger charge is 2.41. The molecule has 0 N–H and O–H groups in total. The minimum atomic E-state index is -0.660. The molecule has 1 atom stereocenters. The number of rotatable bonds is 9. The van der Waals surface area contributed by atoms with Crippen molar-refractivity contribution in [3.8, 4) is 28.7 Å². The van der Waals surface area contributed by atoms with Gasteiger partial charge in [0.2, 0.25) is 5.75 Å². The van der Waals surface area contributed by atoms with Gasteiger partial charge in [-0.15, -0.1) is 0 Å². The van der Waals surface area contributed by atoms with Crippen molar-refractivity contribution in [3.05, 3.63) is 81.4 Å². The molecule has 0 spiro atoms. The van der Waals surface area contributed by atoms with Crippen LogP contribution in [0.3, 0.4) is 0 Å². The van der Waals surface area contributed by atoms with Crippen LogP contribution in [0.2, 0.25) is 0 Å². The monoisotopic (exact) mass is 502 g/mol. The Hall–Kier alpha value is -4.59. The van der Waals surface area contributed by atoms with Crippen molar-refractivity contribution in [2.45, 2.75) is 5.92 Å². The molecule has 0 saturated carbocycles. The number of methoxy groups -OCH3 is 5. The van der Waals surface area contributed by atoms with Gasteiger partial charge in [-0.05, 0) is 47.5 Å². The average molecular weight is 503 g/mol. The average Bonchev–Trinajstić information content (AvgIpc) is 3.21. The Morgan fingerprint density at radius 1 is 0.730 bits per heavy atom. The van der Waals surface area contributed by atoms with Crippen molar-refractivity contribution in [1.29, 1.82) is 0 Å². The Morgan fingerprint density at radius 3 is 1.84 bits per heavy atom. The molecule has 1 unspecified atom stereocenters. The van der Waals surface area contributed by atoms with Gasteiger partial charge < -0.3 is 23.7 Å². The summed E-state index contributed by atoms with van der Waals surface area (Å²) >= 11 is 0. The quantitative estimate of drug-likeness (QED) is 0.305. The highest BCUT2D eigenvalue weighted by atomic mass is 16.5. The molecular weight excluding hydrogens is 476 g/mol. The Labute approximate surface area is 214 Å². The van der Waals surface area contributed by atoms with Gasteiger partial charge in [0.25, 0.3) is 0 Å². The lowest BCUT2D eigenvalue weighted by atomic mass is 9.86. The Bertz CT molecular complexity index is 1380. The molecule has 8 heteroatoms. The number of fused-ring (bicyclic) bond motifs is 1. The molecule has 0 bridgehead atoms. The molecule has 0 radical (unpaired) electrons. The van der Waals surface area contributed by atoms with Crippen molar-refractivity contribution < 1.29 is 38.1 Å². The summed E-state index contributed by atoms with van der Waals surface area (Å²) in [5.74, 6) is 1.10. The topological polar surface area (TPSA) is 97.4 Å². The summed E-state index contributed by atoms with van der Waals surface area (Å²) in [4.78, 5) is 37.6. The summed E-state index contributed by atoms with van der Waals surface area (Å²) in [7, 11) is 7.49. The zero-order chi connectivity index (χ0) is 26.7. The van der Waals surface area contributed by atoms with E-state index < -0.39 is 5.92 Å². The van der Waals surface area contributed by atoms with Crippen LogP contribution in [0.4, 0.5) is 0 Å². The zero-order valence-corrected chi connectivity index (χ0v) is 21.1. The highest BCUT2D eigenvalue weighted by molar-refractivity contribution is 6.19. The molecule has 0 saturated heterocycles. The fraction of sp³-hybridized carbons (Fsp3) is 0.207. The van der Waals surface area contributed by atoms with Gasteiger partial charge in [-0.1, -0.05) is 12.1 Å². The van der Waals surface area contributed by atoms with Gasteiger partial charge in [0.05, 0.1) is 41.1 Å². The van der Waals surface area contributed by atoms with E-state index in [1.54, 1.807) is 37.5 Å². The van der Waals surface area contributed by atoms with E-state index in [0.717, 1.165) is 5.56 Å². The van der Waals surface area contributed by atoms with Crippen LogP contribution < -0.4 is 23.7 Å². The van der Waals surface area contributed by atoms with Crippen molar-refractivity contribution in [1.82, 2.24) is 0 Å². The number of carbonyl (C=O) groups excluding carboxylic acids is 3. The van der Waals surface area contributed by atoms with E-state index >= 15 is 0 Å². The van der Waals surface area contributed by atoms with Gasteiger partial charge in [0.1, 0.15) is 11.5 Å². The predicted molar refractivity (Wildman–Crippen MR) is 137 cm³/mol. The summed E-state index contributed by atoms with van der Waals surface area (Å²) in [6.45, 7) is 0. The molecule has 190 valence electrons. The first-order valence-electron chi connectivity index (χ1n) is 11.3. The minimum absolute atomic E-state index is 0.0761. The molecule has 0 heterocycles. The third-order valence-corrected chi connectivity index (χ3v) is 6.40. The molecule has 37 heavy (non-hydrogen) atoms. The number of hydrogen-bond donors (Lipinski definition) is 0. The lowest BCUT2D eigenvalue weighted by Gasteiger charge is -2.21. The maximum Gasteiger partial charge on any atom is 0.203 e. The number of carbonyl (C=O) groups is 3. The van der Waals surface area contributed by atoms with Crippen LogP contribution in [0.5, 0.6) is 28.7 Å². The van der Waals surface area contributed by atoms with E-state index in [2.05, 4.69) is 0 Å². The van der Waals surface area contributed by atoms with Gasteiger partial charge in [0.15, 0.2) is 29.9 Å². The molecule has 3 aromatic rings. The van der Waals surface area contributed by atoms with E-state index in [0.29, 0.717) is 52.3 Å². The van der Waals surface area contributed by atoms with Gasteiger partial charge in [-0.2, -0.15) is 0 Å². The second kappa shape index (κ2) is 10.6. The SMILES string of the molecule is COc1ccc(/C=C2\C(=O)c3cc(C=O)c(C=O)c(OC)c3C2c2cc(OC)c(OC)c(OC)c2)cc1. The third-order valence-electron chi connectivity index (χ3n) is 6.40. The maximum absolute atomic E-state index is 13.8. The van der Waals surface area contributed by atoms with E-state index in [-0.39, 0.29) is 28.2 Å². The molecule has 1 aliphatic carbocycles.